The third-order valence-corrected chi connectivity index (χ3v) is 3.80. The number of nitrogens with zero attached hydrogens (tertiary/aromatic N) is 1. The van der Waals surface area contributed by atoms with Gasteiger partial charge in [0, 0.05) is 12.1 Å². The number of hydrogen-bond donors (Lipinski definition) is 1. The van der Waals surface area contributed by atoms with Crippen LogP contribution in [0.4, 0.5) is 20.2 Å². The second-order valence-electron chi connectivity index (χ2n) is 5.56. The van der Waals surface area contributed by atoms with Gasteiger partial charge in [-0.25, -0.2) is 8.78 Å². The van der Waals surface area contributed by atoms with Gasteiger partial charge < -0.3 is 10.2 Å². The number of hydrogen-bond acceptors (Lipinski definition) is 2. The summed E-state index contributed by atoms with van der Waals surface area (Å²) in [5.41, 5.74) is 2.85. The molecule has 22 heavy (non-hydrogen) atoms. The molecule has 0 saturated heterocycles. The number of amides is 1. The highest BCUT2D eigenvalue weighted by Crippen LogP contribution is 2.34. The molecule has 1 amide bonds. The predicted molar refractivity (Wildman–Crippen MR) is 81.8 cm³/mol. The third-order valence-electron chi connectivity index (χ3n) is 3.80. The zero-order chi connectivity index (χ0) is 15.9. The van der Waals surface area contributed by atoms with E-state index >= 15 is 0 Å². The van der Waals surface area contributed by atoms with Gasteiger partial charge in [-0.3, -0.25) is 4.79 Å². The van der Waals surface area contributed by atoms with Gasteiger partial charge in [0.05, 0.1) is 17.9 Å². The number of fused-ring (bicyclic) bond motifs is 1. The SMILES string of the molecule is Cc1ccc(CN2C(=O)C(C)Nc3cc(F)c(F)cc32)cc1. The molecule has 1 atom stereocenters. The molecule has 1 heterocycles. The summed E-state index contributed by atoms with van der Waals surface area (Å²) in [6, 6.07) is 9.44. The van der Waals surface area contributed by atoms with Crippen LogP contribution < -0.4 is 10.2 Å². The first-order valence-corrected chi connectivity index (χ1v) is 7.08. The molecule has 5 heteroatoms. The molecule has 0 aliphatic carbocycles. The smallest absolute Gasteiger partial charge is 0.249 e. The van der Waals surface area contributed by atoms with Gasteiger partial charge >= 0.3 is 0 Å². The Morgan fingerprint density at radius 3 is 2.45 bits per heavy atom. The van der Waals surface area contributed by atoms with Crippen molar-refractivity contribution in [3.63, 3.8) is 0 Å². The van der Waals surface area contributed by atoms with Crippen LogP contribution in [-0.4, -0.2) is 11.9 Å². The summed E-state index contributed by atoms with van der Waals surface area (Å²) >= 11 is 0. The molecule has 0 aromatic heterocycles. The number of benzene rings is 2. The predicted octanol–water partition coefficient (Wildman–Crippen LogP) is 3.62. The second kappa shape index (κ2) is 5.40. The number of carbonyl (C=O) groups excluding carboxylic acids is 1. The summed E-state index contributed by atoms with van der Waals surface area (Å²) in [5, 5.41) is 2.90. The normalized spacial score (nSPS) is 17.2. The van der Waals surface area contributed by atoms with Gasteiger partial charge in [0.15, 0.2) is 11.6 Å². The van der Waals surface area contributed by atoms with Crippen LogP contribution in [-0.2, 0) is 11.3 Å². The van der Waals surface area contributed by atoms with Crippen molar-refractivity contribution in [1.82, 2.24) is 0 Å². The van der Waals surface area contributed by atoms with E-state index in [4.69, 9.17) is 0 Å². The van der Waals surface area contributed by atoms with Crippen LogP contribution in [0.15, 0.2) is 36.4 Å². The average molecular weight is 302 g/mol. The van der Waals surface area contributed by atoms with E-state index in [2.05, 4.69) is 5.32 Å². The van der Waals surface area contributed by atoms with E-state index in [1.807, 2.05) is 31.2 Å². The number of halogens is 2. The van der Waals surface area contributed by atoms with E-state index in [1.165, 1.54) is 4.90 Å². The maximum atomic E-state index is 13.6. The van der Waals surface area contributed by atoms with Crippen molar-refractivity contribution in [2.75, 3.05) is 10.2 Å². The number of anilines is 2. The van der Waals surface area contributed by atoms with E-state index < -0.39 is 17.7 Å². The van der Waals surface area contributed by atoms with Gasteiger partial charge in [0.1, 0.15) is 6.04 Å². The molecule has 0 bridgehead atoms. The summed E-state index contributed by atoms with van der Waals surface area (Å²) in [7, 11) is 0. The molecule has 114 valence electrons. The molecular formula is C17H16F2N2O. The minimum atomic E-state index is -0.961. The van der Waals surface area contributed by atoms with Crippen molar-refractivity contribution in [3.8, 4) is 0 Å². The topological polar surface area (TPSA) is 32.3 Å². The van der Waals surface area contributed by atoms with Crippen molar-refractivity contribution >= 4 is 17.3 Å². The third kappa shape index (κ3) is 2.54. The molecule has 0 radical (unpaired) electrons. The van der Waals surface area contributed by atoms with Crippen LogP contribution in [0, 0.1) is 18.6 Å². The molecule has 1 aliphatic rings. The molecule has 3 nitrogen and oxygen atoms in total. The number of carbonyl (C=O) groups is 1. The fourth-order valence-electron chi connectivity index (χ4n) is 2.56. The summed E-state index contributed by atoms with van der Waals surface area (Å²) in [4.78, 5) is 13.9. The second-order valence-corrected chi connectivity index (χ2v) is 5.56. The van der Waals surface area contributed by atoms with Gasteiger partial charge in [0.2, 0.25) is 5.91 Å². The molecule has 1 N–H and O–H groups in total. The molecule has 2 aromatic rings. The van der Waals surface area contributed by atoms with E-state index in [-0.39, 0.29) is 5.91 Å². The lowest BCUT2D eigenvalue weighted by Crippen LogP contribution is -2.45. The fraction of sp³-hybridized carbons (Fsp3) is 0.235. The Balaban J connectivity index is 2.01. The van der Waals surface area contributed by atoms with Gasteiger partial charge in [-0.1, -0.05) is 29.8 Å². The highest BCUT2D eigenvalue weighted by molar-refractivity contribution is 6.04. The maximum absolute atomic E-state index is 13.6. The highest BCUT2D eigenvalue weighted by atomic mass is 19.2. The molecule has 0 saturated carbocycles. The molecule has 1 aliphatic heterocycles. The quantitative estimate of drug-likeness (QED) is 0.919. The number of aryl methyl sites for hydroxylation is 1. The van der Waals surface area contributed by atoms with Crippen LogP contribution in [0.1, 0.15) is 18.1 Å². The molecular weight excluding hydrogens is 286 g/mol. The summed E-state index contributed by atoms with van der Waals surface area (Å²) in [5.74, 6) is -2.06. The zero-order valence-corrected chi connectivity index (χ0v) is 12.4. The zero-order valence-electron chi connectivity index (χ0n) is 12.4. The van der Waals surface area contributed by atoms with Crippen LogP contribution in [0.3, 0.4) is 0 Å². The minimum Gasteiger partial charge on any atom is -0.372 e. The van der Waals surface area contributed by atoms with E-state index in [1.54, 1.807) is 6.92 Å². The Morgan fingerprint density at radius 2 is 1.77 bits per heavy atom. The molecule has 3 rings (SSSR count). The molecule has 1 unspecified atom stereocenters. The Hall–Kier alpha value is -2.43. The Labute approximate surface area is 127 Å². The van der Waals surface area contributed by atoms with Crippen molar-refractivity contribution in [3.05, 3.63) is 59.2 Å². The van der Waals surface area contributed by atoms with Crippen LogP contribution in [0.2, 0.25) is 0 Å². The number of rotatable bonds is 2. The van der Waals surface area contributed by atoms with Crippen molar-refractivity contribution in [2.24, 2.45) is 0 Å². The first kappa shape index (κ1) is 14.5. The van der Waals surface area contributed by atoms with Crippen molar-refractivity contribution in [1.29, 1.82) is 0 Å². The largest absolute Gasteiger partial charge is 0.372 e. The average Bonchev–Trinajstić information content (AvgIpc) is 2.48. The van der Waals surface area contributed by atoms with E-state index in [0.717, 1.165) is 23.3 Å². The molecule has 0 fully saturated rings. The Kier molecular flexibility index (Phi) is 3.56. The highest BCUT2D eigenvalue weighted by Gasteiger charge is 2.30. The maximum Gasteiger partial charge on any atom is 0.249 e. The van der Waals surface area contributed by atoms with Gasteiger partial charge in [-0.2, -0.15) is 0 Å². The molecule has 0 spiro atoms. The van der Waals surface area contributed by atoms with Crippen molar-refractivity contribution in [2.45, 2.75) is 26.4 Å². The van der Waals surface area contributed by atoms with Crippen LogP contribution >= 0.6 is 0 Å². The Bertz CT molecular complexity index is 728. The lowest BCUT2D eigenvalue weighted by molar-refractivity contribution is -0.119. The van der Waals surface area contributed by atoms with Crippen LogP contribution in [0.25, 0.3) is 0 Å². The lowest BCUT2D eigenvalue weighted by Gasteiger charge is -2.34. The summed E-state index contributed by atoms with van der Waals surface area (Å²) in [6.07, 6.45) is 0. The fourth-order valence-corrected chi connectivity index (χ4v) is 2.56. The first-order valence-electron chi connectivity index (χ1n) is 7.08. The summed E-state index contributed by atoms with van der Waals surface area (Å²) < 4.78 is 27.0. The van der Waals surface area contributed by atoms with Gasteiger partial charge in [-0.15, -0.1) is 0 Å². The monoisotopic (exact) mass is 302 g/mol. The first-order chi connectivity index (χ1) is 10.5. The van der Waals surface area contributed by atoms with Crippen LogP contribution in [0.5, 0.6) is 0 Å². The number of nitrogens with one attached hydrogen (secondary N) is 1. The molecule has 2 aromatic carbocycles. The van der Waals surface area contributed by atoms with E-state index in [0.29, 0.717) is 17.9 Å². The van der Waals surface area contributed by atoms with Gasteiger partial charge in [0.25, 0.3) is 0 Å². The standard InChI is InChI=1S/C17H16F2N2O/c1-10-3-5-12(6-4-10)9-21-16-8-14(19)13(18)7-15(16)20-11(2)17(21)22/h3-8,11,20H,9H2,1-2H3. The van der Waals surface area contributed by atoms with E-state index in [9.17, 15) is 13.6 Å². The summed E-state index contributed by atoms with van der Waals surface area (Å²) in [6.45, 7) is 4.01. The minimum absolute atomic E-state index is 0.168. The Morgan fingerprint density at radius 1 is 1.14 bits per heavy atom. The van der Waals surface area contributed by atoms with Gasteiger partial charge in [-0.05, 0) is 19.4 Å². The van der Waals surface area contributed by atoms with Crippen molar-refractivity contribution < 1.29 is 13.6 Å². The lowest BCUT2D eigenvalue weighted by atomic mass is 10.1.